The van der Waals surface area contributed by atoms with Crippen molar-refractivity contribution in [1.82, 2.24) is 10.2 Å². The molecule has 0 aromatic heterocycles. The van der Waals surface area contributed by atoms with Crippen molar-refractivity contribution in [3.05, 3.63) is 63.6 Å². The lowest BCUT2D eigenvalue weighted by Crippen LogP contribution is -2.52. The molecule has 34 heavy (non-hydrogen) atoms. The van der Waals surface area contributed by atoms with Crippen LogP contribution < -0.4 is 9.62 Å². The number of hydrogen-bond donors (Lipinski definition) is 1. The summed E-state index contributed by atoms with van der Waals surface area (Å²) >= 11 is 12.1. The van der Waals surface area contributed by atoms with E-state index >= 15 is 0 Å². The first-order valence-electron chi connectivity index (χ1n) is 11.0. The van der Waals surface area contributed by atoms with Gasteiger partial charge in [0.05, 0.1) is 11.9 Å². The molecule has 186 valence electrons. The molecule has 2 rings (SSSR count). The number of nitrogens with zero attached hydrogens (tertiary/aromatic N) is 2. The van der Waals surface area contributed by atoms with Gasteiger partial charge in [0.2, 0.25) is 21.8 Å². The van der Waals surface area contributed by atoms with Crippen molar-refractivity contribution < 1.29 is 18.0 Å². The Bertz CT molecular complexity index is 1110. The molecule has 0 aliphatic heterocycles. The Morgan fingerprint density at radius 3 is 2.21 bits per heavy atom. The molecule has 0 aliphatic rings. The van der Waals surface area contributed by atoms with Crippen molar-refractivity contribution in [3.63, 3.8) is 0 Å². The van der Waals surface area contributed by atoms with Gasteiger partial charge < -0.3 is 10.2 Å². The Kier molecular flexibility index (Phi) is 10.2. The predicted molar refractivity (Wildman–Crippen MR) is 138 cm³/mol. The first-order chi connectivity index (χ1) is 16.0. The van der Waals surface area contributed by atoms with Crippen molar-refractivity contribution in [2.24, 2.45) is 0 Å². The van der Waals surface area contributed by atoms with Gasteiger partial charge in [-0.05, 0) is 55.2 Å². The fourth-order valence-electron chi connectivity index (χ4n) is 3.52. The summed E-state index contributed by atoms with van der Waals surface area (Å²) in [4.78, 5) is 27.9. The summed E-state index contributed by atoms with van der Waals surface area (Å²) in [6.45, 7) is 5.64. The third-order valence-corrected chi connectivity index (χ3v) is 6.93. The second kappa shape index (κ2) is 12.4. The van der Waals surface area contributed by atoms with Crippen LogP contribution in [0.15, 0.2) is 42.5 Å². The number of amides is 2. The number of hydrogen-bond acceptors (Lipinski definition) is 4. The van der Waals surface area contributed by atoms with Crippen LogP contribution in [0.5, 0.6) is 0 Å². The quantitative estimate of drug-likeness (QED) is 0.469. The molecule has 0 saturated heterocycles. The van der Waals surface area contributed by atoms with Crippen molar-refractivity contribution in [2.45, 2.75) is 46.2 Å². The van der Waals surface area contributed by atoms with Gasteiger partial charge in [-0.2, -0.15) is 0 Å². The van der Waals surface area contributed by atoms with Gasteiger partial charge in [0.15, 0.2) is 0 Å². The molecular weight excluding hydrogens is 497 g/mol. The molecule has 2 amide bonds. The topological polar surface area (TPSA) is 86.8 Å². The van der Waals surface area contributed by atoms with E-state index in [4.69, 9.17) is 23.2 Å². The molecule has 1 atom stereocenters. The van der Waals surface area contributed by atoms with Crippen LogP contribution in [-0.2, 0) is 26.2 Å². The molecule has 2 aromatic carbocycles. The van der Waals surface area contributed by atoms with Gasteiger partial charge in [-0.3, -0.25) is 13.9 Å². The van der Waals surface area contributed by atoms with Crippen molar-refractivity contribution in [2.75, 3.05) is 23.7 Å². The van der Waals surface area contributed by atoms with Gasteiger partial charge in [-0.25, -0.2) is 8.42 Å². The van der Waals surface area contributed by atoms with E-state index in [0.29, 0.717) is 34.3 Å². The minimum Gasteiger partial charge on any atom is -0.354 e. The van der Waals surface area contributed by atoms with Crippen LogP contribution >= 0.6 is 23.2 Å². The van der Waals surface area contributed by atoms with Crippen molar-refractivity contribution in [3.8, 4) is 0 Å². The lowest BCUT2D eigenvalue weighted by molar-refractivity contribution is -0.140. The second-order valence-electron chi connectivity index (χ2n) is 8.06. The van der Waals surface area contributed by atoms with Gasteiger partial charge in [0.25, 0.3) is 0 Å². The van der Waals surface area contributed by atoms with Crippen molar-refractivity contribution in [1.29, 1.82) is 0 Å². The smallest absolute Gasteiger partial charge is 0.244 e. The first-order valence-corrected chi connectivity index (χ1v) is 13.6. The maximum Gasteiger partial charge on any atom is 0.244 e. The molecule has 0 bridgehead atoms. The Hall–Kier alpha value is -2.29. The van der Waals surface area contributed by atoms with E-state index in [1.807, 2.05) is 13.8 Å². The van der Waals surface area contributed by atoms with Crippen LogP contribution in [0, 0.1) is 6.92 Å². The molecule has 1 N–H and O–H groups in total. The summed E-state index contributed by atoms with van der Waals surface area (Å²) in [6.07, 6.45) is 2.16. The van der Waals surface area contributed by atoms with Crippen molar-refractivity contribution >= 4 is 50.7 Å². The summed E-state index contributed by atoms with van der Waals surface area (Å²) in [5, 5.41) is 3.74. The highest BCUT2D eigenvalue weighted by atomic mass is 35.5. The van der Waals surface area contributed by atoms with Crippen LogP contribution in [0.3, 0.4) is 0 Å². The normalized spacial score (nSPS) is 12.2. The number of nitrogens with one attached hydrogen (secondary N) is 1. The zero-order chi connectivity index (χ0) is 25.5. The summed E-state index contributed by atoms with van der Waals surface area (Å²) in [6, 6.07) is 11.0. The fraction of sp³-hybridized carbons (Fsp3) is 0.417. The van der Waals surface area contributed by atoms with Gasteiger partial charge in [0.1, 0.15) is 12.6 Å². The lowest BCUT2D eigenvalue weighted by Gasteiger charge is -2.33. The molecule has 0 unspecified atom stereocenters. The highest BCUT2D eigenvalue weighted by molar-refractivity contribution is 7.92. The number of anilines is 1. The molecule has 7 nitrogen and oxygen atoms in total. The molecule has 0 radical (unpaired) electrons. The molecule has 0 spiro atoms. The van der Waals surface area contributed by atoms with Gasteiger partial charge >= 0.3 is 0 Å². The SMILES string of the molecule is CCCNC(=O)[C@@H](CC)N(Cc1ccc(Cl)cc1)C(=O)CN(c1cc(Cl)ccc1C)S(C)(=O)=O. The lowest BCUT2D eigenvalue weighted by atomic mass is 10.1. The van der Waals surface area contributed by atoms with E-state index < -0.39 is 28.5 Å². The van der Waals surface area contributed by atoms with Gasteiger partial charge in [-0.15, -0.1) is 0 Å². The average molecular weight is 529 g/mol. The van der Waals surface area contributed by atoms with Crippen LogP contribution in [0.2, 0.25) is 10.0 Å². The maximum absolute atomic E-state index is 13.6. The fourth-order valence-corrected chi connectivity index (χ4v) is 4.71. The van der Waals surface area contributed by atoms with Crippen LogP contribution in [0.4, 0.5) is 5.69 Å². The van der Waals surface area contributed by atoms with E-state index in [9.17, 15) is 18.0 Å². The molecule has 0 heterocycles. The highest BCUT2D eigenvalue weighted by Crippen LogP contribution is 2.27. The number of carbonyl (C=O) groups is 2. The van der Waals surface area contributed by atoms with E-state index in [-0.39, 0.29) is 12.5 Å². The molecule has 0 saturated carbocycles. The first kappa shape index (κ1) is 28.0. The standard InChI is InChI=1S/C24H31Cl2N3O4S/c1-5-13-27-24(31)21(6-2)28(15-18-8-11-19(25)12-9-18)23(30)16-29(34(4,32)33)22-14-20(26)10-7-17(22)3/h7-12,14,21H,5-6,13,15-16H2,1-4H3,(H,27,31)/t21-/m1/s1. The summed E-state index contributed by atoms with van der Waals surface area (Å²) in [7, 11) is -3.82. The zero-order valence-electron chi connectivity index (χ0n) is 19.8. The summed E-state index contributed by atoms with van der Waals surface area (Å²) in [5.74, 6) is -0.783. The number of carbonyl (C=O) groups excluding carboxylic acids is 2. The van der Waals surface area contributed by atoms with E-state index in [0.717, 1.165) is 22.5 Å². The predicted octanol–water partition coefficient (Wildman–Crippen LogP) is 4.40. The average Bonchev–Trinajstić information content (AvgIpc) is 2.78. The van der Waals surface area contributed by atoms with E-state index in [1.165, 1.54) is 11.0 Å². The van der Waals surface area contributed by atoms with Gasteiger partial charge in [-0.1, -0.05) is 55.2 Å². The molecule has 0 fully saturated rings. The Balaban J connectivity index is 2.45. The Morgan fingerprint density at radius 1 is 1.03 bits per heavy atom. The summed E-state index contributed by atoms with van der Waals surface area (Å²) in [5.41, 5.74) is 1.74. The zero-order valence-corrected chi connectivity index (χ0v) is 22.2. The highest BCUT2D eigenvalue weighted by Gasteiger charge is 2.32. The number of rotatable bonds is 11. The third kappa shape index (κ3) is 7.61. The minimum atomic E-state index is -3.82. The number of halogens is 2. The second-order valence-corrected chi connectivity index (χ2v) is 10.8. The molecular formula is C24H31Cl2N3O4S. The molecule has 0 aliphatic carbocycles. The number of sulfonamides is 1. The van der Waals surface area contributed by atoms with Crippen LogP contribution in [0.25, 0.3) is 0 Å². The van der Waals surface area contributed by atoms with Crippen LogP contribution in [-0.4, -0.2) is 50.5 Å². The third-order valence-electron chi connectivity index (χ3n) is 5.32. The summed E-state index contributed by atoms with van der Waals surface area (Å²) < 4.78 is 26.4. The number of aryl methyl sites for hydroxylation is 1. The van der Waals surface area contributed by atoms with Gasteiger partial charge in [0, 0.05) is 23.1 Å². The molecule has 2 aromatic rings. The molecule has 10 heteroatoms. The van der Waals surface area contributed by atoms with E-state index in [1.54, 1.807) is 43.3 Å². The van der Waals surface area contributed by atoms with E-state index in [2.05, 4.69) is 5.32 Å². The maximum atomic E-state index is 13.6. The Morgan fingerprint density at radius 2 is 1.65 bits per heavy atom. The number of benzene rings is 2. The largest absolute Gasteiger partial charge is 0.354 e. The minimum absolute atomic E-state index is 0.125. The monoisotopic (exact) mass is 527 g/mol. The van der Waals surface area contributed by atoms with Crippen LogP contribution in [0.1, 0.15) is 37.8 Å². The Labute approximate surface area is 212 Å².